The molecular weight excluding hydrogens is 246 g/mol. The van der Waals surface area contributed by atoms with Gasteiger partial charge in [-0.05, 0) is 12.1 Å². The van der Waals surface area contributed by atoms with Gasteiger partial charge in [-0.3, -0.25) is 9.48 Å². The van der Waals surface area contributed by atoms with Gasteiger partial charge in [0.15, 0.2) is 0 Å². The van der Waals surface area contributed by atoms with E-state index < -0.39 is 5.97 Å². The number of likely N-dealkylation sites (N-methyl/N-ethyl adjacent to an activating group) is 1. The Kier molecular flexibility index (Phi) is 3.61. The number of aromatic carboxylic acids is 1. The molecule has 1 aromatic carbocycles. The summed E-state index contributed by atoms with van der Waals surface area (Å²) >= 11 is 0. The first-order valence-electron chi connectivity index (χ1n) is 5.65. The van der Waals surface area contributed by atoms with Gasteiger partial charge in [0.25, 0.3) is 0 Å². The molecule has 0 aliphatic carbocycles. The van der Waals surface area contributed by atoms with E-state index >= 15 is 0 Å². The van der Waals surface area contributed by atoms with Crippen LogP contribution in [0, 0.1) is 0 Å². The topological polar surface area (TPSA) is 75.4 Å². The minimum absolute atomic E-state index is 0.00132. The number of carbonyl (C=O) groups is 2. The first-order chi connectivity index (χ1) is 9.08. The molecule has 0 aliphatic heterocycles. The number of anilines is 1. The summed E-state index contributed by atoms with van der Waals surface area (Å²) < 4.78 is 1.31. The van der Waals surface area contributed by atoms with Crippen LogP contribution < -0.4 is 4.90 Å². The summed E-state index contributed by atoms with van der Waals surface area (Å²) in [5, 5.41) is 12.6. The third kappa shape index (κ3) is 2.98. The van der Waals surface area contributed by atoms with Gasteiger partial charge < -0.3 is 10.0 Å². The maximum atomic E-state index is 12.0. The molecule has 19 heavy (non-hydrogen) atoms. The van der Waals surface area contributed by atoms with Gasteiger partial charge >= 0.3 is 5.97 Å². The third-order valence-electron chi connectivity index (χ3n) is 2.70. The maximum absolute atomic E-state index is 12.0. The highest BCUT2D eigenvalue weighted by Gasteiger charge is 2.13. The highest BCUT2D eigenvalue weighted by atomic mass is 16.4. The van der Waals surface area contributed by atoms with Crippen molar-refractivity contribution in [2.45, 2.75) is 6.54 Å². The number of hydrogen-bond donors (Lipinski definition) is 1. The van der Waals surface area contributed by atoms with Crippen LogP contribution in [0.15, 0.2) is 42.7 Å². The van der Waals surface area contributed by atoms with Crippen LogP contribution in [0.4, 0.5) is 5.69 Å². The zero-order chi connectivity index (χ0) is 13.8. The van der Waals surface area contributed by atoms with Crippen LogP contribution in [0.2, 0.25) is 0 Å². The molecule has 2 aromatic rings. The summed E-state index contributed by atoms with van der Waals surface area (Å²) in [6, 6.07) is 9.20. The van der Waals surface area contributed by atoms with E-state index in [-0.39, 0.29) is 18.0 Å². The predicted octanol–water partition coefficient (Wildman–Crippen LogP) is 1.24. The molecule has 6 heteroatoms. The molecule has 0 unspecified atom stereocenters. The largest absolute Gasteiger partial charge is 0.478 e. The number of benzene rings is 1. The van der Waals surface area contributed by atoms with E-state index in [9.17, 15) is 9.59 Å². The summed E-state index contributed by atoms with van der Waals surface area (Å²) in [4.78, 5) is 24.2. The second kappa shape index (κ2) is 5.34. The minimum atomic E-state index is -1.06. The van der Waals surface area contributed by atoms with Gasteiger partial charge in [0.1, 0.15) is 6.54 Å². The smallest absolute Gasteiger partial charge is 0.338 e. The Labute approximate surface area is 109 Å². The average molecular weight is 259 g/mol. The minimum Gasteiger partial charge on any atom is -0.478 e. The summed E-state index contributed by atoms with van der Waals surface area (Å²) in [6.45, 7) is -0.00132. The second-order valence-electron chi connectivity index (χ2n) is 4.02. The van der Waals surface area contributed by atoms with Gasteiger partial charge in [0.2, 0.25) is 5.91 Å². The first kappa shape index (κ1) is 12.8. The number of amides is 1. The average Bonchev–Trinajstić information content (AvgIpc) is 2.87. The Morgan fingerprint density at radius 1 is 1.32 bits per heavy atom. The molecule has 6 nitrogen and oxygen atoms in total. The number of rotatable bonds is 4. The summed E-state index contributed by atoms with van der Waals surface area (Å²) in [6.07, 6.45) is 2.55. The van der Waals surface area contributed by atoms with E-state index in [1.54, 1.807) is 7.05 Å². The molecule has 1 aromatic heterocycles. The van der Waals surface area contributed by atoms with Gasteiger partial charge in [-0.2, -0.15) is 5.10 Å². The molecule has 0 radical (unpaired) electrons. The van der Waals surface area contributed by atoms with Crippen molar-refractivity contribution in [1.82, 2.24) is 9.78 Å². The Morgan fingerprint density at radius 3 is 2.58 bits per heavy atom. The number of carboxylic acid groups (broad SMARTS) is 1. The number of aromatic nitrogens is 2. The molecule has 2 rings (SSSR count). The van der Waals surface area contributed by atoms with E-state index in [0.717, 1.165) is 5.69 Å². The van der Waals surface area contributed by atoms with Crippen molar-refractivity contribution in [3.05, 3.63) is 48.3 Å². The second-order valence-corrected chi connectivity index (χ2v) is 4.02. The number of nitrogens with zero attached hydrogens (tertiary/aromatic N) is 3. The molecule has 0 saturated carbocycles. The fraction of sp³-hybridized carbons (Fsp3) is 0.154. The number of carboxylic acids is 1. The molecule has 0 atom stereocenters. The molecule has 98 valence electrons. The van der Waals surface area contributed by atoms with E-state index in [1.807, 2.05) is 30.3 Å². The SMILES string of the molecule is CN(C(=O)Cn1cc(C(=O)O)cn1)c1ccccc1. The van der Waals surface area contributed by atoms with Gasteiger partial charge in [-0.15, -0.1) is 0 Å². The quantitative estimate of drug-likeness (QED) is 0.896. The third-order valence-corrected chi connectivity index (χ3v) is 2.70. The lowest BCUT2D eigenvalue weighted by Crippen LogP contribution is -2.30. The number of para-hydroxylation sites is 1. The summed E-state index contributed by atoms with van der Waals surface area (Å²) in [5.41, 5.74) is 0.841. The molecule has 0 saturated heterocycles. The predicted molar refractivity (Wildman–Crippen MR) is 69.0 cm³/mol. The molecule has 0 bridgehead atoms. The van der Waals surface area contributed by atoms with Crippen molar-refractivity contribution in [2.24, 2.45) is 0 Å². The Bertz CT molecular complexity index is 592. The molecule has 0 spiro atoms. The molecule has 1 amide bonds. The van der Waals surface area contributed by atoms with Crippen LogP contribution in [0.5, 0.6) is 0 Å². The highest BCUT2D eigenvalue weighted by Crippen LogP contribution is 2.11. The summed E-state index contributed by atoms with van der Waals surface area (Å²) in [5.74, 6) is -1.23. The van der Waals surface area contributed by atoms with E-state index in [2.05, 4.69) is 5.10 Å². The Balaban J connectivity index is 2.06. The Hall–Kier alpha value is -2.63. The van der Waals surface area contributed by atoms with Gasteiger partial charge in [0, 0.05) is 18.9 Å². The lowest BCUT2D eigenvalue weighted by atomic mass is 10.3. The Morgan fingerprint density at radius 2 is 2.00 bits per heavy atom. The van der Waals surface area contributed by atoms with Crippen LogP contribution in [0.3, 0.4) is 0 Å². The lowest BCUT2D eigenvalue weighted by Gasteiger charge is -2.17. The van der Waals surface area contributed by atoms with Gasteiger partial charge in [-0.25, -0.2) is 4.79 Å². The first-order valence-corrected chi connectivity index (χ1v) is 5.65. The van der Waals surface area contributed by atoms with E-state index in [1.165, 1.54) is 22.0 Å². The zero-order valence-corrected chi connectivity index (χ0v) is 10.4. The van der Waals surface area contributed by atoms with E-state index in [0.29, 0.717) is 0 Å². The van der Waals surface area contributed by atoms with Crippen LogP contribution in [-0.2, 0) is 11.3 Å². The van der Waals surface area contributed by atoms with E-state index in [4.69, 9.17) is 5.11 Å². The summed E-state index contributed by atoms with van der Waals surface area (Å²) in [7, 11) is 1.67. The molecule has 1 N–H and O–H groups in total. The van der Waals surface area contributed by atoms with Crippen molar-refractivity contribution in [1.29, 1.82) is 0 Å². The van der Waals surface area contributed by atoms with Crippen LogP contribution in [0.25, 0.3) is 0 Å². The standard InChI is InChI=1S/C13H13N3O3/c1-15(11-5-3-2-4-6-11)12(17)9-16-8-10(7-14-16)13(18)19/h2-8H,9H2,1H3,(H,18,19). The molecular formula is C13H13N3O3. The highest BCUT2D eigenvalue weighted by molar-refractivity contribution is 5.92. The molecule has 0 fully saturated rings. The van der Waals surface area contributed by atoms with Gasteiger partial charge in [-0.1, -0.05) is 18.2 Å². The molecule has 0 aliphatic rings. The van der Waals surface area contributed by atoms with Crippen molar-refractivity contribution >= 4 is 17.6 Å². The monoisotopic (exact) mass is 259 g/mol. The van der Waals surface area contributed by atoms with Gasteiger partial charge in [0.05, 0.1) is 11.8 Å². The normalized spacial score (nSPS) is 10.2. The maximum Gasteiger partial charge on any atom is 0.338 e. The number of hydrogen-bond acceptors (Lipinski definition) is 3. The fourth-order valence-corrected chi connectivity index (χ4v) is 1.60. The van der Waals surface area contributed by atoms with Crippen LogP contribution in [-0.4, -0.2) is 33.8 Å². The van der Waals surface area contributed by atoms with Crippen LogP contribution >= 0.6 is 0 Å². The zero-order valence-electron chi connectivity index (χ0n) is 10.4. The van der Waals surface area contributed by atoms with Crippen molar-refractivity contribution in [2.75, 3.05) is 11.9 Å². The van der Waals surface area contributed by atoms with Crippen molar-refractivity contribution in [3.63, 3.8) is 0 Å². The number of carbonyl (C=O) groups excluding carboxylic acids is 1. The molecule has 1 heterocycles. The van der Waals surface area contributed by atoms with Crippen LogP contribution in [0.1, 0.15) is 10.4 Å². The fourth-order valence-electron chi connectivity index (χ4n) is 1.60. The van der Waals surface area contributed by atoms with Crippen molar-refractivity contribution < 1.29 is 14.7 Å². The van der Waals surface area contributed by atoms with Crippen molar-refractivity contribution in [3.8, 4) is 0 Å². The lowest BCUT2D eigenvalue weighted by molar-refractivity contribution is -0.119.